The third-order valence-corrected chi connectivity index (χ3v) is 9.90. The van der Waals surface area contributed by atoms with Gasteiger partial charge >= 0.3 is 0 Å². The van der Waals surface area contributed by atoms with Crippen molar-refractivity contribution >= 4 is 33.7 Å². The van der Waals surface area contributed by atoms with Gasteiger partial charge in [0.1, 0.15) is 6.23 Å². The van der Waals surface area contributed by atoms with Crippen LogP contribution >= 0.6 is 33.7 Å². The van der Waals surface area contributed by atoms with E-state index in [4.69, 9.17) is 21.5 Å². The molecule has 1 rings (SSSR count). The molecule has 0 heterocycles. The Hall–Kier alpha value is 0.130. The summed E-state index contributed by atoms with van der Waals surface area (Å²) >= 11 is 7.28. The lowest BCUT2D eigenvalue weighted by molar-refractivity contribution is 0.267. The van der Waals surface area contributed by atoms with Gasteiger partial charge in [-0.1, -0.05) is 57.9 Å². The van der Waals surface area contributed by atoms with Crippen molar-refractivity contribution in [1.29, 1.82) is 0 Å². The molecule has 0 spiro atoms. The largest absolute Gasteiger partial charge is 0.305 e. The van der Waals surface area contributed by atoms with Gasteiger partial charge in [0.15, 0.2) is 0 Å². The van der Waals surface area contributed by atoms with Gasteiger partial charge in [-0.2, -0.15) is 0 Å². The zero-order valence-electron chi connectivity index (χ0n) is 18.7. The summed E-state index contributed by atoms with van der Waals surface area (Å²) in [6, 6.07) is 8.74. The lowest BCUT2D eigenvalue weighted by Gasteiger charge is -2.37. The number of unbranched alkanes of at least 4 members (excludes halogenated alkanes) is 1. The maximum atomic E-state index is 5.78. The van der Waals surface area contributed by atoms with Crippen LogP contribution in [0.15, 0.2) is 24.3 Å². The molecule has 27 heavy (non-hydrogen) atoms. The van der Waals surface area contributed by atoms with Crippen molar-refractivity contribution in [3.63, 3.8) is 0 Å². The van der Waals surface area contributed by atoms with E-state index < -0.39 is 10.0 Å². The molecule has 2 atom stereocenters. The first kappa shape index (κ1) is 27.1. The molecule has 2 nitrogen and oxygen atoms in total. The summed E-state index contributed by atoms with van der Waals surface area (Å²) in [6.07, 6.45) is 8.32. The smallest absolute Gasteiger partial charge is 0.117 e. The summed E-state index contributed by atoms with van der Waals surface area (Å²) in [6.45, 7) is 13.1. The molecule has 0 aliphatic rings. The Morgan fingerprint density at radius 3 is 2.11 bits per heavy atom. The van der Waals surface area contributed by atoms with E-state index in [-0.39, 0.29) is 11.0 Å². The minimum atomic E-state index is -0.504. The van der Waals surface area contributed by atoms with Crippen LogP contribution in [0, 0.1) is 0 Å². The fourth-order valence-corrected chi connectivity index (χ4v) is 4.56. The highest BCUT2D eigenvalue weighted by Gasteiger charge is 2.20. The second kappa shape index (κ2) is 13.4. The topological polar surface area (TPSA) is 35.2 Å². The van der Waals surface area contributed by atoms with Gasteiger partial charge in [0, 0.05) is 15.9 Å². The van der Waals surface area contributed by atoms with E-state index in [1.807, 2.05) is 6.92 Å². The number of hydrogen-bond acceptors (Lipinski definition) is 3. The van der Waals surface area contributed by atoms with Crippen molar-refractivity contribution in [2.45, 2.75) is 82.9 Å². The van der Waals surface area contributed by atoms with E-state index in [1.165, 1.54) is 48.2 Å². The summed E-state index contributed by atoms with van der Waals surface area (Å²) < 4.78 is 5.50. The van der Waals surface area contributed by atoms with Crippen LogP contribution < -0.4 is 5.73 Å². The fraction of sp³-hybridized carbons (Fsp3) is 0.727. The van der Waals surface area contributed by atoms with E-state index in [9.17, 15) is 0 Å². The lowest BCUT2D eigenvalue weighted by Crippen LogP contribution is -2.21. The molecule has 0 aliphatic heterocycles. The first-order valence-corrected chi connectivity index (χ1v) is 13.9. The predicted molar refractivity (Wildman–Crippen MR) is 130 cm³/mol. The van der Waals surface area contributed by atoms with Gasteiger partial charge in [-0.05, 0) is 68.6 Å². The highest BCUT2D eigenvalue weighted by molar-refractivity contribution is 8.32. The third-order valence-electron chi connectivity index (χ3n) is 4.86. The molecule has 160 valence electrons. The number of benzene rings is 1. The number of nitrogens with two attached hydrogens (primary N) is 1. The van der Waals surface area contributed by atoms with E-state index >= 15 is 0 Å². The zero-order valence-corrected chi connectivity index (χ0v) is 21.1. The molecule has 0 aliphatic carbocycles. The van der Waals surface area contributed by atoms with Gasteiger partial charge in [-0.15, -0.1) is 11.6 Å². The van der Waals surface area contributed by atoms with Crippen molar-refractivity contribution in [3.05, 3.63) is 35.4 Å². The Kier molecular flexibility index (Phi) is 13.4. The van der Waals surface area contributed by atoms with E-state index in [0.717, 1.165) is 0 Å². The van der Waals surface area contributed by atoms with Crippen LogP contribution in [0.5, 0.6) is 0 Å². The van der Waals surface area contributed by atoms with E-state index in [0.29, 0.717) is 11.1 Å². The van der Waals surface area contributed by atoms with Crippen LogP contribution in [-0.2, 0) is 10.1 Å². The van der Waals surface area contributed by atoms with Crippen molar-refractivity contribution in [3.8, 4) is 0 Å². The number of alkyl halides is 1. The monoisotopic (exact) mass is 435 g/mol. The molecule has 1 aromatic rings. The molecule has 2 unspecified atom stereocenters. The van der Waals surface area contributed by atoms with Gasteiger partial charge in [0.2, 0.25) is 0 Å². The lowest BCUT2D eigenvalue weighted by atomic mass is 10.1. The van der Waals surface area contributed by atoms with Crippen LogP contribution in [-0.4, -0.2) is 29.2 Å². The van der Waals surface area contributed by atoms with Gasteiger partial charge in [-0.25, -0.2) is 10.0 Å². The highest BCUT2D eigenvalue weighted by atomic mass is 35.5. The molecule has 0 bridgehead atoms. The van der Waals surface area contributed by atoms with Crippen LogP contribution in [0.3, 0.4) is 0 Å². The fourth-order valence-electron chi connectivity index (χ4n) is 2.35. The predicted octanol–water partition coefficient (Wildman–Crippen LogP) is 7.50. The molecule has 0 amide bonds. The standard InChI is InChI=1S/C13H21ClS.C9H21NOS/c1-5-15(3,4)11(2)13-8-6-12(10-14)7-9-13;1-5-6-7-9(3,4)12-11-8(2)10/h6-9,11H,5,10H2,1-4H3;8H,5-7,10H2,1-4H3. The summed E-state index contributed by atoms with van der Waals surface area (Å²) in [5.41, 5.74) is 8.14. The molecule has 0 saturated carbocycles. The highest BCUT2D eigenvalue weighted by Crippen LogP contribution is 2.53. The average molecular weight is 436 g/mol. The Labute approximate surface area is 179 Å². The van der Waals surface area contributed by atoms with Crippen molar-refractivity contribution in [2.24, 2.45) is 5.73 Å². The van der Waals surface area contributed by atoms with Gasteiger partial charge < -0.3 is 5.73 Å². The number of rotatable bonds is 10. The molecular formula is C22H42ClNOS2. The minimum absolute atomic E-state index is 0.170. The maximum absolute atomic E-state index is 5.78. The Morgan fingerprint density at radius 2 is 1.70 bits per heavy atom. The van der Waals surface area contributed by atoms with Gasteiger partial charge in [0.25, 0.3) is 0 Å². The van der Waals surface area contributed by atoms with Crippen LogP contribution in [0.25, 0.3) is 0 Å². The molecule has 0 radical (unpaired) electrons. The first-order chi connectivity index (χ1) is 12.5. The molecule has 0 saturated heterocycles. The SMILES string of the molecule is CCCCC(C)(C)SOC(C)N.CCS(C)(C)C(C)c1ccc(CCl)cc1. The Bertz CT molecular complexity index is 504. The first-order valence-electron chi connectivity index (χ1n) is 9.93. The van der Waals surface area contributed by atoms with Crippen molar-refractivity contribution in [1.82, 2.24) is 0 Å². The molecule has 0 aromatic heterocycles. The Balaban J connectivity index is 0.000000516. The van der Waals surface area contributed by atoms with Crippen LogP contribution in [0.4, 0.5) is 0 Å². The summed E-state index contributed by atoms with van der Waals surface area (Å²) in [5, 5.41) is 0.673. The number of hydrogen-bond donors (Lipinski definition) is 1. The van der Waals surface area contributed by atoms with Gasteiger partial charge in [0.05, 0.1) is 0 Å². The molecule has 1 aromatic carbocycles. The summed E-state index contributed by atoms with van der Waals surface area (Å²) in [4.78, 5) is 0. The third kappa shape index (κ3) is 11.7. The molecule has 2 N–H and O–H groups in total. The Morgan fingerprint density at radius 1 is 1.15 bits per heavy atom. The average Bonchev–Trinajstić information content (AvgIpc) is 2.65. The van der Waals surface area contributed by atoms with Crippen LogP contribution in [0.1, 0.15) is 77.2 Å². The van der Waals surface area contributed by atoms with Crippen molar-refractivity contribution in [2.75, 3.05) is 18.3 Å². The molecular weight excluding hydrogens is 394 g/mol. The quantitative estimate of drug-likeness (QED) is 0.234. The van der Waals surface area contributed by atoms with E-state index in [2.05, 4.69) is 71.4 Å². The van der Waals surface area contributed by atoms with Crippen LogP contribution in [0.2, 0.25) is 0 Å². The minimum Gasteiger partial charge on any atom is -0.305 e. The summed E-state index contributed by atoms with van der Waals surface area (Å²) in [7, 11) is -0.504. The summed E-state index contributed by atoms with van der Waals surface area (Å²) in [5.74, 6) is 1.89. The molecule has 5 heteroatoms. The maximum Gasteiger partial charge on any atom is 0.117 e. The molecule has 0 fully saturated rings. The normalized spacial score (nSPS) is 14.9. The zero-order chi connectivity index (χ0) is 21.1. The number of halogens is 1. The van der Waals surface area contributed by atoms with Gasteiger partial charge in [-0.3, -0.25) is 4.18 Å². The second-order valence-corrected chi connectivity index (χ2v) is 14.4. The second-order valence-electron chi connectivity index (χ2n) is 8.18. The van der Waals surface area contributed by atoms with E-state index in [1.54, 1.807) is 0 Å². The van der Waals surface area contributed by atoms with Crippen molar-refractivity contribution < 1.29 is 4.18 Å².